The molecule has 0 fully saturated rings. The van der Waals surface area contributed by atoms with Gasteiger partial charge in [0, 0.05) is 11.8 Å². The van der Waals surface area contributed by atoms with Crippen LogP contribution < -0.4 is 10.5 Å². The molecule has 2 nitrogen and oxygen atoms in total. The second-order valence-electron chi connectivity index (χ2n) is 2.84. The van der Waals surface area contributed by atoms with Crippen LogP contribution in [-0.4, -0.2) is 6.61 Å². The molecule has 0 amide bonds. The van der Waals surface area contributed by atoms with Crippen LogP contribution in [0.15, 0.2) is 12.1 Å². The third-order valence-electron chi connectivity index (χ3n) is 1.86. The van der Waals surface area contributed by atoms with Gasteiger partial charge in [-0.3, -0.25) is 0 Å². The number of ether oxygens (including phenoxy) is 1. The van der Waals surface area contributed by atoms with E-state index in [1.165, 1.54) is 6.07 Å². The summed E-state index contributed by atoms with van der Waals surface area (Å²) in [5.74, 6) is 0.146. The van der Waals surface area contributed by atoms with Gasteiger partial charge in [-0.2, -0.15) is 8.78 Å². The molecular weight excluding hydrogens is 176 g/mol. The van der Waals surface area contributed by atoms with E-state index in [-0.39, 0.29) is 5.75 Å². The summed E-state index contributed by atoms with van der Waals surface area (Å²) in [7, 11) is 0. The predicted molar refractivity (Wildman–Crippen MR) is 47.0 cm³/mol. The molecule has 0 saturated carbocycles. The number of alkyl halides is 2. The molecule has 1 aromatic rings. The molecule has 1 aromatic carbocycles. The van der Waals surface area contributed by atoms with Gasteiger partial charge in [0.15, 0.2) is 0 Å². The highest BCUT2D eigenvalue weighted by Gasteiger charge is 2.09. The van der Waals surface area contributed by atoms with Crippen molar-refractivity contribution in [3.63, 3.8) is 0 Å². The maximum Gasteiger partial charge on any atom is 0.387 e. The predicted octanol–water partition coefficient (Wildman–Crippen LogP) is 2.49. The number of halogens is 2. The van der Waals surface area contributed by atoms with Crippen molar-refractivity contribution < 1.29 is 13.5 Å². The van der Waals surface area contributed by atoms with E-state index in [0.29, 0.717) is 11.3 Å². The van der Waals surface area contributed by atoms with Crippen LogP contribution in [0.3, 0.4) is 0 Å². The summed E-state index contributed by atoms with van der Waals surface area (Å²) < 4.78 is 28.1. The zero-order valence-electron chi connectivity index (χ0n) is 7.47. The Balaban J connectivity index is 3.05. The molecule has 13 heavy (non-hydrogen) atoms. The summed E-state index contributed by atoms with van der Waals surface area (Å²) in [6, 6.07) is 3.11. The Morgan fingerprint density at radius 3 is 2.46 bits per heavy atom. The monoisotopic (exact) mass is 187 g/mol. The van der Waals surface area contributed by atoms with Gasteiger partial charge in [-0.15, -0.1) is 0 Å². The Kier molecular flexibility index (Phi) is 2.70. The van der Waals surface area contributed by atoms with E-state index in [9.17, 15) is 8.78 Å². The molecule has 0 spiro atoms. The number of rotatable bonds is 2. The maximum atomic E-state index is 11.9. The number of aryl methyl sites for hydroxylation is 1. The zero-order valence-corrected chi connectivity index (χ0v) is 7.47. The molecule has 1 rings (SSSR count). The fourth-order valence-corrected chi connectivity index (χ4v) is 1.07. The molecule has 0 atom stereocenters. The van der Waals surface area contributed by atoms with Crippen LogP contribution in [0, 0.1) is 13.8 Å². The second-order valence-corrected chi connectivity index (χ2v) is 2.84. The smallest absolute Gasteiger partial charge is 0.387 e. The highest BCUT2D eigenvalue weighted by molar-refractivity contribution is 5.52. The lowest BCUT2D eigenvalue weighted by atomic mass is 10.1. The highest BCUT2D eigenvalue weighted by atomic mass is 19.3. The van der Waals surface area contributed by atoms with Gasteiger partial charge in [0.2, 0.25) is 0 Å². The molecule has 0 aliphatic rings. The molecule has 0 unspecified atom stereocenters. The van der Waals surface area contributed by atoms with Crippen molar-refractivity contribution >= 4 is 5.69 Å². The number of hydrogen-bond donors (Lipinski definition) is 1. The lowest BCUT2D eigenvalue weighted by Gasteiger charge is -2.10. The Bertz CT molecular complexity index is 313. The Morgan fingerprint density at radius 2 is 1.92 bits per heavy atom. The molecule has 72 valence electrons. The molecule has 0 aromatic heterocycles. The maximum absolute atomic E-state index is 11.9. The van der Waals surface area contributed by atoms with E-state index in [1.54, 1.807) is 19.9 Å². The largest absolute Gasteiger partial charge is 0.434 e. The summed E-state index contributed by atoms with van der Waals surface area (Å²) >= 11 is 0. The normalized spacial score (nSPS) is 10.5. The van der Waals surface area contributed by atoms with Crippen LogP contribution in [0.25, 0.3) is 0 Å². The molecule has 0 bridgehead atoms. The number of anilines is 1. The average molecular weight is 187 g/mol. The first-order valence-electron chi connectivity index (χ1n) is 3.82. The van der Waals surface area contributed by atoms with Crippen molar-refractivity contribution in [3.8, 4) is 5.75 Å². The lowest BCUT2D eigenvalue weighted by Crippen LogP contribution is -2.04. The van der Waals surface area contributed by atoms with Gasteiger partial charge in [0.1, 0.15) is 5.75 Å². The Morgan fingerprint density at radius 1 is 1.31 bits per heavy atom. The average Bonchev–Trinajstić information content (AvgIpc) is 1.98. The van der Waals surface area contributed by atoms with E-state index in [4.69, 9.17) is 5.73 Å². The summed E-state index contributed by atoms with van der Waals surface area (Å²) in [6.07, 6.45) is 0. The van der Waals surface area contributed by atoms with Gasteiger partial charge in [0.25, 0.3) is 0 Å². The second kappa shape index (κ2) is 3.60. The van der Waals surface area contributed by atoms with Crippen molar-refractivity contribution in [2.45, 2.75) is 20.5 Å². The number of benzene rings is 1. The molecule has 0 aliphatic heterocycles. The topological polar surface area (TPSA) is 35.2 Å². The lowest BCUT2D eigenvalue weighted by molar-refractivity contribution is -0.0502. The van der Waals surface area contributed by atoms with Crippen LogP contribution >= 0.6 is 0 Å². The molecule has 0 aliphatic carbocycles. The van der Waals surface area contributed by atoms with E-state index in [2.05, 4.69) is 4.74 Å². The fourth-order valence-electron chi connectivity index (χ4n) is 1.07. The van der Waals surface area contributed by atoms with Crippen molar-refractivity contribution in [2.24, 2.45) is 0 Å². The van der Waals surface area contributed by atoms with Gasteiger partial charge in [0.05, 0.1) is 0 Å². The summed E-state index contributed by atoms with van der Waals surface area (Å²) in [4.78, 5) is 0. The quantitative estimate of drug-likeness (QED) is 0.722. The van der Waals surface area contributed by atoms with Crippen molar-refractivity contribution in [2.75, 3.05) is 5.73 Å². The van der Waals surface area contributed by atoms with Gasteiger partial charge in [-0.25, -0.2) is 0 Å². The summed E-state index contributed by atoms with van der Waals surface area (Å²) in [5, 5.41) is 0. The number of nitrogen functional groups attached to an aromatic ring is 1. The minimum absolute atomic E-state index is 0.146. The first-order chi connectivity index (χ1) is 6.00. The summed E-state index contributed by atoms with van der Waals surface area (Å²) in [6.45, 7) is 0.705. The van der Waals surface area contributed by atoms with Crippen LogP contribution in [0.4, 0.5) is 14.5 Å². The molecule has 4 heteroatoms. The fraction of sp³-hybridized carbons (Fsp3) is 0.333. The van der Waals surface area contributed by atoms with Gasteiger partial charge >= 0.3 is 6.61 Å². The van der Waals surface area contributed by atoms with E-state index in [1.807, 2.05) is 0 Å². The molecule has 0 heterocycles. The third kappa shape index (κ3) is 2.31. The number of nitrogens with two attached hydrogens (primary N) is 1. The minimum atomic E-state index is -2.81. The number of hydrogen-bond acceptors (Lipinski definition) is 2. The van der Waals surface area contributed by atoms with Gasteiger partial charge in [-0.05, 0) is 31.0 Å². The van der Waals surface area contributed by atoms with Crippen LogP contribution in [0.1, 0.15) is 11.1 Å². The molecule has 0 radical (unpaired) electrons. The first kappa shape index (κ1) is 9.77. The highest BCUT2D eigenvalue weighted by Crippen LogP contribution is 2.25. The summed E-state index contributed by atoms with van der Waals surface area (Å²) in [5.41, 5.74) is 7.44. The molecule has 2 N–H and O–H groups in total. The molecular formula is C9H11F2NO. The van der Waals surface area contributed by atoms with Crippen molar-refractivity contribution in [3.05, 3.63) is 23.3 Å². The van der Waals surface area contributed by atoms with E-state index >= 15 is 0 Å². The van der Waals surface area contributed by atoms with E-state index in [0.717, 1.165) is 5.56 Å². The zero-order chi connectivity index (χ0) is 10.0. The third-order valence-corrected chi connectivity index (χ3v) is 1.86. The standard InChI is InChI=1S/C9H11F2NO/c1-5-3-7(12)4-8(6(5)2)13-9(10)11/h3-4,9H,12H2,1-2H3. The van der Waals surface area contributed by atoms with Crippen LogP contribution in [0.5, 0.6) is 5.75 Å². The van der Waals surface area contributed by atoms with E-state index < -0.39 is 6.61 Å². The Hall–Kier alpha value is -1.32. The molecule has 0 saturated heterocycles. The first-order valence-corrected chi connectivity index (χ1v) is 3.82. The Labute approximate surface area is 75.3 Å². The van der Waals surface area contributed by atoms with Crippen molar-refractivity contribution in [1.82, 2.24) is 0 Å². The van der Waals surface area contributed by atoms with Gasteiger partial charge in [-0.1, -0.05) is 0 Å². The van der Waals surface area contributed by atoms with Crippen molar-refractivity contribution in [1.29, 1.82) is 0 Å². The van der Waals surface area contributed by atoms with Crippen LogP contribution in [0.2, 0.25) is 0 Å². The minimum Gasteiger partial charge on any atom is -0.434 e. The van der Waals surface area contributed by atoms with Gasteiger partial charge < -0.3 is 10.5 Å². The SMILES string of the molecule is Cc1cc(N)cc(OC(F)F)c1C. The van der Waals surface area contributed by atoms with Crippen LogP contribution in [-0.2, 0) is 0 Å².